The lowest BCUT2D eigenvalue weighted by atomic mass is 10.2. The van der Waals surface area contributed by atoms with Crippen LogP contribution in [0.4, 0.5) is 0 Å². The summed E-state index contributed by atoms with van der Waals surface area (Å²) in [6, 6.07) is 6.49. The average molecular weight is 283 g/mol. The van der Waals surface area contributed by atoms with Crippen LogP contribution in [0.2, 0.25) is 0 Å². The first-order valence-corrected chi connectivity index (χ1v) is 7.98. The molecule has 18 heavy (non-hydrogen) atoms. The van der Waals surface area contributed by atoms with Gasteiger partial charge in [0.2, 0.25) is 0 Å². The van der Waals surface area contributed by atoms with Crippen molar-refractivity contribution in [2.45, 2.75) is 17.9 Å². The fourth-order valence-electron chi connectivity index (χ4n) is 1.40. The number of hydrogen-bond donors (Lipinski definition) is 1. The minimum atomic E-state index is -3.21. The third-order valence-electron chi connectivity index (χ3n) is 2.34. The van der Waals surface area contributed by atoms with Gasteiger partial charge in [0.05, 0.1) is 10.9 Å². The Morgan fingerprint density at radius 3 is 2.61 bits per heavy atom. The lowest BCUT2D eigenvalue weighted by molar-refractivity contribution is 0.602. The molecule has 5 nitrogen and oxygen atoms in total. The number of benzene rings is 1. The van der Waals surface area contributed by atoms with Crippen molar-refractivity contribution in [1.29, 1.82) is 0 Å². The Morgan fingerprint density at radius 2 is 2.06 bits per heavy atom. The van der Waals surface area contributed by atoms with Crippen molar-refractivity contribution in [3.05, 3.63) is 29.3 Å². The predicted molar refractivity (Wildman–Crippen MR) is 71.1 cm³/mol. The second kappa shape index (κ2) is 4.75. The van der Waals surface area contributed by atoms with Gasteiger partial charge in [0.1, 0.15) is 10.0 Å². The molecule has 96 valence electrons. The van der Waals surface area contributed by atoms with Gasteiger partial charge in [-0.2, -0.15) is 0 Å². The maximum absolute atomic E-state index is 11.5. The molecule has 0 spiro atoms. The molecule has 1 heterocycles. The minimum Gasteiger partial charge on any atom is -0.322 e. The van der Waals surface area contributed by atoms with Gasteiger partial charge in [0, 0.05) is 11.8 Å². The number of hydrogen-bond acceptors (Lipinski definition) is 6. The van der Waals surface area contributed by atoms with Crippen LogP contribution in [0, 0.1) is 0 Å². The zero-order valence-electron chi connectivity index (χ0n) is 9.99. The molecule has 2 N–H and O–H groups in total. The van der Waals surface area contributed by atoms with E-state index in [9.17, 15) is 8.42 Å². The summed E-state index contributed by atoms with van der Waals surface area (Å²) < 4.78 is 23.0. The second-order valence-electron chi connectivity index (χ2n) is 4.03. The van der Waals surface area contributed by atoms with E-state index >= 15 is 0 Å². The fourth-order valence-corrected chi connectivity index (χ4v) is 2.85. The largest absolute Gasteiger partial charge is 0.322 e. The van der Waals surface area contributed by atoms with E-state index in [0.717, 1.165) is 10.6 Å². The Bertz CT molecular complexity index is 662. The minimum absolute atomic E-state index is 0.172. The summed E-state index contributed by atoms with van der Waals surface area (Å²) in [5, 5.41) is 9.41. The van der Waals surface area contributed by atoms with Gasteiger partial charge in [-0.1, -0.05) is 23.5 Å². The van der Waals surface area contributed by atoms with Crippen LogP contribution in [-0.4, -0.2) is 24.9 Å². The predicted octanol–water partition coefficient (Wildman–Crippen LogP) is 1.63. The maximum Gasteiger partial charge on any atom is 0.175 e. The first-order valence-electron chi connectivity index (χ1n) is 5.27. The maximum atomic E-state index is 11.5. The van der Waals surface area contributed by atoms with Crippen LogP contribution in [0.5, 0.6) is 0 Å². The molecule has 0 bridgehead atoms. The van der Waals surface area contributed by atoms with Crippen molar-refractivity contribution in [1.82, 2.24) is 10.2 Å². The quantitative estimate of drug-likeness (QED) is 0.925. The number of nitrogens with zero attached hydrogens (tertiary/aromatic N) is 2. The van der Waals surface area contributed by atoms with Crippen LogP contribution in [0.3, 0.4) is 0 Å². The standard InChI is InChI=1S/C11H13N3O2S2/c1-7(12)10-13-14-11(17-10)8-4-3-5-9(6-8)18(2,15)16/h3-7H,12H2,1-2H3. The van der Waals surface area contributed by atoms with Crippen LogP contribution in [-0.2, 0) is 9.84 Å². The highest BCUT2D eigenvalue weighted by Gasteiger charge is 2.12. The lowest BCUT2D eigenvalue weighted by Gasteiger charge is -2.00. The third kappa shape index (κ3) is 2.74. The Morgan fingerprint density at radius 1 is 1.33 bits per heavy atom. The number of rotatable bonds is 3. The van der Waals surface area contributed by atoms with Crippen LogP contribution in [0.1, 0.15) is 18.0 Å². The van der Waals surface area contributed by atoms with E-state index in [0.29, 0.717) is 5.01 Å². The summed E-state index contributed by atoms with van der Waals surface area (Å²) in [5.41, 5.74) is 6.45. The molecule has 0 aliphatic rings. The summed E-state index contributed by atoms with van der Waals surface area (Å²) in [6.45, 7) is 1.83. The Kier molecular flexibility index (Phi) is 3.47. The summed E-state index contributed by atoms with van der Waals surface area (Å²) in [7, 11) is -3.21. The highest BCUT2D eigenvalue weighted by Crippen LogP contribution is 2.27. The van der Waals surface area contributed by atoms with Crippen LogP contribution in [0.25, 0.3) is 10.6 Å². The van der Waals surface area contributed by atoms with E-state index in [1.165, 1.54) is 17.6 Å². The lowest BCUT2D eigenvalue weighted by Crippen LogP contribution is -2.03. The van der Waals surface area contributed by atoms with Crippen LogP contribution in [0.15, 0.2) is 29.2 Å². The molecular weight excluding hydrogens is 270 g/mol. The Balaban J connectivity index is 2.45. The van der Waals surface area contributed by atoms with Gasteiger partial charge in [0.25, 0.3) is 0 Å². The van der Waals surface area contributed by atoms with Crippen LogP contribution >= 0.6 is 11.3 Å². The highest BCUT2D eigenvalue weighted by atomic mass is 32.2. The Labute approximate surface area is 110 Å². The number of aromatic nitrogens is 2. The molecule has 2 rings (SSSR count). The van der Waals surface area contributed by atoms with Crippen molar-refractivity contribution < 1.29 is 8.42 Å². The number of sulfone groups is 1. The number of nitrogens with two attached hydrogens (primary N) is 1. The van der Waals surface area contributed by atoms with Crippen LogP contribution < -0.4 is 5.73 Å². The molecule has 1 atom stereocenters. The van der Waals surface area contributed by atoms with Gasteiger partial charge < -0.3 is 5.73 Å². The summed E-state index contributed by atoms with van der Waals surface area (Å²) in [5.74, 6) is 0. The molecule has 1 unspecified atom stereocenters. The second-order valence-corrected chi connectivity index (χ2v) is 7.06. The molecule has 1 aromatic carbocycles. The van der Waals surface area contributed by atoms with Crippen molar-refractivity contribution in [3.8, 4) is 10.6 Å². The van der Waals surface area contributed by atoms with E-state index in [1.54, 1.807) is 24.3 Å². The highest BCUT2D eigenvalue weighted by molar-refractivity contribution is 7.90. The van der Waals surface area contributed by atoms with Crippen molar-refractivity contribution in [2.75, 3.05) is 6.26 Å². The van der Waals surface area contributed by atoms with Gasteiger partial charge in [-0.3, -0.25) is 0 Å². The molecule has 0 aliphatic heterocycles. The van der Waals surface area contributed by atoms with Crippen molar-refractivity contribution in [3.63, 3.8) is 0 Å². The van der Waals surface area contributed by atoms with E-state index in [1.807, 2.05) is 6.92 Å². The zero-order valence-corrected chi connectivity index (χ0v) is 11.6. The Hall–Kier alpha value is -1.31. The zero-order chi connectivity index (χ0) is 13.3. The van der Waals surface area contributed by atoms with Gasteiger partial charge in [-0.25, -0.2) is 8.42 Å². The summed E-state index contributed by atoms with van der Waals surface area (Å²) in [6.07, 6.45) is 1.18. The summed E-state index contributed by atoms with van der Waals surface area (Å²) >= 11 is 1.37. The van der Waals surface area contributed by atoms with Crippen molar-refractivity contribution in [2.24, 2.45) is 5.73 Å². The van der Waals surface area contributed by atoms with E-state index in [4.69, 9.17) is 5.73 Å². The monoisotopic (exact) mass is 283 g/mol. The van der Waals surface area contributed by atoms with Gasteiger partial charge in [0.15, 0.2) is 9.84 Å². The molecule has 0 radical (unpaired) electrons. The molecule has 7 heteroatoms. The first-order chi connectivity index (χ1) is 8.38. The molecule has 0 aliphatic carbocycles. The SMILES string of the molecule is CC(N)c1nnc(-c2cccc(S(C)(=O)=O)c2)s1. The molecule has 1 aromatic heterocycles. The molecule has 0 saturated heterocycles. The van der Waals surface area contributed by atoms with E-state index < -0.39 is 9.84 Å². The summed E-state index contributed by atoms with van der Waals surface area (Å²) in [4.78, 5) is 0.276. The van der Waals surface area contributed by atoms with Gasteiger partial charge >= 0.3 is 0 Å². The molecule has 0 saturated carbocycles. The average Bonchev–Trinajstić information content (AvgIpc) is 2.77. The molecular formula is C11H13N3O2S2. The molecule has 0 fully saturated rings. The van der Waals surface area contributed by atoms with E-state index in [2.05, 4.69) is 10.2 Å². The first kappa shape index (κ1) is 13.1. The third-order valence-corrected chi connectivity index (χ3v) is 4.62. The van der Waals surface area contributed by atoms with E-state index in [-0.39, 0.29) is 10.9 Å². The smallest absolute Gasteiger partial charge is 0.175 e. The fraction of sp³-hybridized carbons (Fsp3) is 0.273. The van der Waals surface area contributed by atoms with Crippen molar-refractivity contribution >= 4 is 21.2 Å². The van der Waals surface area contributed by atoms with Gasteiger partial charge in [-0.15, -0.1) is 10.2 Å². The van der Waals surface area contributed by atoms with Gasteiger partial charge in [-0.05, 0) is 19.1 Å². The molecule has 2 aromatic rings. The molecule has 0 amide bonds. The normalized spacial score (nSPS) is 13.5. The topological polar surface area (TPSA) is 85.9 Å².